The zero-order valence-corrected chi connectivity index (χ0v) is 13.9. The minimum Gasteiger partial charge on any atom is -0.263 e. The number of oxime groups is 1. The van der Waals surface area contributed by atoms with Crippen LogP contribution in [0.2, 0.25) is 0 Å². The molecule has 2 rings (SSSR count). The van der Waals surface area contributed by atoms with Crippen molar-refractivity contribution < 1.29 is 30.8 Å². The van der Waals surface area contributed by atoms with E-state index in [2.05, 4.69) is 9.44 Å². The van der Waals surface area contributed by atoms with Crippen LogP contribution < -0.4 is 0 Å². The molecule has 0 heterocycles. The van der Waals surface area contributed by atoms with E-state index in [1.807, 2.05) is 0 Å². The number of nitro benzene ring substituents is 1. The average Bonchev–Trinajstić information content (AvgIpc) is 2.61. The molecule has 0 unspecified atom stereocenters. The minimum absolute atomic E-state index is 0.0718. The Labute approximate surface area is 150 Å². The maximum Gasteiger partial charge on any atom is 0.418 e. The third-order valence-electron chi connectivity index (χ3n) is 3.13. The highest BCUT2D eigenvalue weighted by Gasteiger charge is 2.39. The second kappa shape index (κ2) is 7.42. The van der Waals surface area contributed by atoms with Crippen LogP contribution in [-0.2, 0) is 20.6 Å². The number of rotatable bonds is 5. The molecule has 0 aliphatic carbocycles. The van der Waals surface area contributed by atoms with Crippen molar-refractivity contribution >= 4 is 21.5 Å². The van der Waals surface area contributed by atoms with E-state index in [1.165, 1.54) is 24.3 Å². The minimum atomic E-state index is -5.21. The van der Waals surface area contributed by atoms with Crippen LogP contribution in [0, 0.1) is 21.4 Å². The van der Waals surface area contributed by atoms with Gasteiger partial charge in [-0.15, -0.1) is 0 Å². The first-order valence-corrected chi connectivity index (χ1v) is 8.30. The van der Waals surface area contributed by atoms with Crippen molar-refractivity contribution in [3.05, 3.63) is 69.8 Å². The van der Waals surface area contributed by atoms with Gasteiger partial charge in [-0.3, -0.25) is 14.4 Å². The van der Waals surface area contributed by atoms with Crippen molar-refractivity contribution in [1.82, 2.24) is 0 Å². The Morgan fingerprint density at radius 2 is 1.81 bits per heavy atom. The van der Waals surface area contributed by atoms with Gasteiger partial charge >= 0.3 is 16.3 Å². The highest BCUT2D eigenvalue weighted by atomic mass is 32.2. The van der Waals surface area contributed by atoms with Gasteiger partial charge in [-0.05, 0) is 6.07 Å². The molecule has 0 atom stereocenters. The number of nitro groups is 1. The smallest absolute Gasteiger partial charge is 0.263 e. The van der Waals surface area contributed by atoms with Gasteiger partial charge in [-0.1, -0.05) is 35.5 Å². The summed E-state index contributed by atoms with van der Waals surface area (Å²) in [5, 5.41) is 22.8. The number of nitriles is 1. The Hall–Kier alpha value is -3.46. The van der Waals surface area contributed by atoms with Crippen LogP contribution in [0.4, 0.5) is 18.9 Å². The predicted molar refractivity (Wildman–Crippen MR) is 85.0 cm³/mol. The van der Waals surface area contributed by atoms with Crippen LogP contribution in [0.1, 0.15) is 11.1 Å². The summed E-state index contributed by atoms with van der Waals surface area (Å²) in [6.45, 7) is 0. The highest BCUT2D eigenvalue weighted by molar-refractivity contribution is 7.86. The lowest BCUT2D eigenvalue weighted by molar-refractivity contribution is -0.385. The Kier molecular flexibility index (Phi) is 5.46. The second-order valence-electron chi connectivity index (χ2n) is 4.88. The fraction of sp³-hybridized carbons (Fsp3) is 0.0667. The Balaban J connectivity index is 2.49. The summed E-state index contributed by atoms with van der Waals surface area (Å²) in [6.07, 6.45) is -5.21. The maximum atomic E-state index is 13.1. The summed E-state index contributed by atoms with van der Waals surface area (Å²) in [6, 6.07) is 10.1. The van der Waals surface area contributed by atoms with Crippen molar-refractivity contribution in [2.75, 3.05) is 0 Å². The summed E-state index contributed by atoms with van der Waals surface area (Å²) < 4.78 is 67.8. The molecule has 2 aromatic rings. The van der Waals surface area contributed by atoms with Crippen LogP contribution >= 0.6 is 0 Å². The molecule has 8 nitrogen and oxygen atoms in total. The van der Waals surface area contributed by atoms with Crippen molar-refractivity contribution in [2.24, 2.45) is 5.16 Å². The maximum absolute atomic E-state index is 13.1. The zero-order chi connectivity index (χ0) is 20.2. The second-order valence-corrected chi connectivity index (χ2v) is 6.38. The van der Waals surface area contributed by atoms with Gasteiger partial charge in [0, 0.05) is 17.7 Å². The molecule has 0 saturated carbocycles. The molecule has 0 bridgehead atoms. The Bertz CT molecular complexity index is 1040. The molecule has 0 aliphatic heterocycles. The van der Waals surface area contributed by atoms with E-state index in [4.69, 9.17) is 5.26 Å². The number of alkyl halides is 3. The zero-order valence-electron chi connectivity index (χ0n) is 13.0. The number of nitrogens with zero attached hydrogens (tertiary/aromatic N) is 3. The van der Waals surface area contributed by atoms with E-state index in [9.17, 15) is 31.7 Å². The van der Waals surface area contributed by atoms with Crippen molar-refractivity contribution in [2.45, 2.75) is 11.1 Å². The molecular weight excluding hydrogens is 391 g/mol. The van der Waals surface area contributed by atoms with Crippen molar-refractivity contribution in [1.29, 1.82) is 5.26 Å². The normalized spacial score (nSPS) is 12.3. The van der Waals surface area contributed by atoms with Gasteiger partial charge < -0.3 is 0 Å². The summed E-state index contributed by atoms with van der Waals surface area (Å²) in [7, 11) is -5.11. The molecule has 2 aromatic carbocycles. The number of halogens is 3. The first-order valence-electron chi connectivity index (χ1n) is 6.89. The molecular formula is C15H8F3N3O5S. The van der Waals surface area contributed by atoms with E-state index in [0.717, 1.165) is 0 Å². The van der Waals surface area contributed by atoms with Crippen LogP contribution in [0.5, 0.6) is 0 Å². The standard InChI is InChI=1S/C15H8F3N3O5S/c16-15(17,18)12-8-11(21(22)23)6-7-14(12)27(24,25)26-20-13(9-19)10-4-2-1-3-5-10/h1-8H/b20-13+. The van der Waals surface area contributed by atoms with Gasteiger partial charge in [0.2, 0.25) is 0 Å². The van der Waals surface area contributed by atoms with Gasteiger partial charge in [-0.2, -0.15) is 26.9 Å². The molecule has 12 heteroatoms. The lowest BCUT2D eigenvalue weighted by atomic mass is 10.1. The molecule has 0 N–H and O–H groups in total. The molecule has 0 aliphatic rings. The molecule has 0 aromatic heterocycles. The topological polar surface area (TPSA) is 123 Å². The van der Waals surface area contributed by atoms with E-state index in [1.54, 1.807) is 12.1 Å². The molecule has 0 spiro atoms. The van der Waals surface area contributed by atoms with Gasteiger partial charge in [0.1, 0.15) is 11.0 Å². The number of hydrogen-bond donors (Lipinski definition) is 0. The van der Waals surface area contributed by atoms with Crippen LogP contribution in [0.25, 0.3) is 0 Å². The SMILES string of the molecule is N#C/C(=N\OS(=O)(=O)c1ccc([N+](=O)[O-])cc1C(F)(F)F)c1ccccc1. The number of hydrogen-bond acceptors (Lipinski definition) is 7. The summed E-state index contributed by atoms with van der Waals surface area (Å²) in [5.74, 6) is 0. The monoisotopic (exact) mass is 399 g/mol. The van der Waals surface area contributed by atoms with Crippen molar-refractivity contribution in [3.63, 3.8) is 0 Å². The fourth-order valence-electron chi connectivity index (χ4n) is 1.93. The molecule has 0 radical (unpaired) electrons. The number of non-ortho nitro benzene ring substituents is 1. The number of benzene rings is 2. The largest absolute Gasteiger partial charge is 0.418 e. The van der Waals surface area contributed by atoms with E-state index >= 15 is 0 Å². The molecule has 0 saturated heterocycles. The average molecular weight is 399 g/mol. The quantitative estimate of drug-likeness (QED) is 0.432. The summed E-state index contributed by atoms with van der Waals surface area (Å²) in [4.78, 5) is 8.18. The third-order valence-corrected chi connectivity index (χ3v) is 4.29. The third kappa shape index (κ3) is 4.59. The molecule has 140 valence electrons. The predicted octanol–water partition coefficient (Wildman–Crippen LogP) is 3.25. The van der Waals surface area contributed by atoms with Gasteiger partial charge in [0.05, 0.1) is 10.5 Å². The van der Waals surface area contributed by atoms with E-state index < -0.39 is 43.1 Å². The highest BCUT2D eigenvalue weighted by Crippen LogP contribution is 2.37. The first kappa shape index (κ1) is 19.9. The van der Waals surface area contributed by atoms with Gasteiger partial charge in [0.15, 0.2) is 5.71 Å². The lowest BCUT2D eigenvalue weighted by Crippen LogP contribution is -2.15. The Morgan fingerprint density at radius 1 is 1.19 bits per heavy atom. The lowest BCUT2D eigenvalue weighted by Gasteiger charge is -2.11. The van der Waals surface area contributed by atoms with Gasteiger partial charge in [-0.25, -0.2) is 0 Å². The van der Waals surface area contributed by atoms with Gasteiger partial charge in [0.25, 0.3) is 5.69 Å². The van der Waals surface area contributed by atoms with Crippen LogP contribution in [0.15, 0.2) is 58.6 Å². The Morgan fingerprint density at radius 3 is 2.33 bits per heavy atom. The molecule has 27 heavy (non-hydrogen) atoms. The molecule has 0 fully saturated rings. The van der Waals surface area contributed by atoms with Crippen LogP contribution in [-0.4, -0.2) is 19.1 Å². The van der Waals surface area contributed by atoms with E-state index in [-0.39, 0.29) is 11.6 Å². The summed E-state index contributed by atoms with van der Waals surface area (Å²) >= 11 is 0. The first-order chi connectivity index (χ1) is 12.6. The van der Waals surface area contributed by atoms with E-state index in [0.29, 0.717) is 12.1 Å². The molecule has 0 amide bonds. The summed E-state index contributed by atoms with van der Waals surface area (Å²) in [5.41, 5.74) is -3.05. The fourth-order valence-corrected chi connectivity index (χ4v) is 2.86. The van der Waals surface area contributed by atoms with Crippen LogP contribution in [0.3, 0.4) is 0 Å². The van der Waals surface area contributed by atoms with Crippen molar-refractivity contribution in [3.8, 4) is 6.07 Å².